The van der Waals surface area contributed by atoms with E-state index in [4.69, 9.17) is 0 Å². The van der Waals surface area contributed by atoms with Crippen LogP contribution in [0.5, 0.6) is 0 Å². The highest BCUT2D eigenvalue weighted by atomic mass is 16.1. The number of hydrogen-bond donors (Lipinski definition) is 2. The molecule has 2 heterocycles. The molecule has 0 aliphatic rings. The summed E-state index contributed by atoms with van der Waals surface area (Å²) in [4.78, 5) is 28.7. The summed E-state index contributed by atoms with van der Waals surface area (Å²) < 4.78 is 0. The van der Waals surface area contributed by atoms with Gasteiger partial charge in [0.2, 0.25) is 0 Å². The Bertz CT molecular complexity index is 614. The van der Waals surface area contributed by atoms with Crippen LogP contribution in [0.2, 0.25) is 0 Å². The fourth-order valence-corrected chi connectivity index (χ4v) is 1.72. The Balaban J connectivity index is 2.30. The van der Waals surface area contributed by atoms with Gasteiger partial charge < -0.3 is 10.6 Å². The number of rotatable bonds is 5. The highest BCUT2D eigenvalue weighted by molar-refractivity contribution is 6.06. The molecule has 110 valence electrons. The van der Waals surface area contributed by atoms with Gasteiger partial charge in [0.05, 0.1) is 30.0 Å². The van der Waals surface area contributed by atoms with Gasteiger partial charge in [0.15, 0.2) is 5.69 Å². The third-order valence-corrected chi connectivity index (χ3v) is 2.72. The van der Waals surface area contributed by atoms with Gasteiger partial charge in [-0.05, 0) is 6.92 Å². The van der Waals surface area contributed by atoms with Gasteiger partial charge in [0.25, 0.3) is 5.91 Å². The molecule has 2 aromatic rings. The van der Waals surface area contributed by atoms with E-state index in [0.29, 0.717) is 29.4 Å². The maximum Gasteiger partial charge on any atom is 0.276 e. The van der Waals surface area contributed by atoms with Crippen LogP contribution in [0.4, 0.5) is 11.4 Å². The maximum absolute atomic E-state index is 12.4. The van der Waals surface area contributed by atoms with Gasteiger partial charge in [-0.2, -0.15) is 0 Å². The molecule has 0 atom stereocenters. The van der Waals surface area contributed by atoms with Crippen molar-refractivity contribution in [2.75, 3.05) is 17.2 Å². The van der Waals surface area contributed by atoms with E-state index < -0.39 is 0 Å². The number of amides is 1. The van der Waals surface area contributed by atoms with Gasteiger partial charge in [0, 0.05) is 12.5 Å². The molecule has 0 aliphatic heterocycles. The van der Waals surface area contributed by atoms with Gasteiger partial charge in [-0.3, -0.25) is 4.79 Å². The Morgan fingerprint density at radius 2 is 1.95 bits per heavy atom. The molecule has 7 heteroatoms. The van der Waals surface area contributed by atoms with E-state index in [2.05, 4.69) is 30.6 Å². The van der Waals surface area contributed by atoms with Crippen LogP contribution in [0.1, 0.15) is 43.0 Å². The van der Waals surface area contributed by atoms with Crippen LogP contribution in [0, 0.1) is 0 Å². The van der Waals surface area contributed by atoms with Crippen molar-refractivity contribution in [1.82, 2.24) is 19.9 Å². The Hall–Kier alpha value is -2.57. The Morgan fingerprint density at radius 3 is 2.57 bits per heavy atom. The normalized spacial score (nSPS) is 10.5. The number of aromatic nitrogens is 4. The highest BCUT2D eigenvalue weighted by Gasteiger charge is 2.16. The summed E-state index contributed by atoms with van der Waals surface area (Å²) >= 11 is 0. The summed E-state index contributed by atoms with van der Waals surface area (Å²) in [6.45, 7) is 6.59. The average Bonchev–Trinajstić information content (AvgIpc) is 2.48. The van der Waals surface area contributed by atoms with Gasteiger partial charge in [-0.1, -0.05) is 13.8 Å². The predicted molar refractivity (Wildman–Crippen MR) is 80.3 cm³/mol. The van der Waals surface area contributed by atoms with E-state index in [9.17, 15) is 4.79 Å². The minimum absolute atomic E-state index is 0.146. The van der Waals surface area contributed by atoms with Crippen molar-refractivity contribution in [3.63, 3.8) is 0 Å². The molecule has 0 aromatic carbocycles. The molecule has 0 spiro atoms. The summed E-state index contributed by atoms with van der Waals surface area (Å²) in [5.41, 5.74) is 1.45. The van der Waals surface area contributed by atoms with Gasteiger partial charge in [0.1, 0.15) is 12.2 Å². The lowest BCUT2D eigenvalue weighted by Crippen LogP contribution is -2.18. The van der Waals surface area contributed by atoms with Gasteiger partial charge in [-0.25, -0.2) is 19.9 Å². The molecule has 7 nitrogen and oxygen atoms in total. The van der Waals surface area contributed by atoms with Gasteiger partial charge in [-0.15, -0.1) is 0 Å². The minimum atomic E-state index is -0.315. The number of anilines is 2. The first-order valence-electron chi connectivity index (χ1n) is 6.79. The molecule has 0 fully saturated rings. The van der Waals surface area contributed by atoms with Crippen molar-refractivity contribution in [1.29, 1.82) is 0 Å². The van der Waals surface area contributed by atoms with Crippen LogP contribution in [-0.4, -0.2) is 32.4 Å². The summed E-state index contributed by atoms with van der Waals surface area (Å²) in [6, 6.07) is 0. The first-order chi connectivity index (χ1) is 10.1. The second kappa shape index (κ2) is 6.74. The first kappa shape index (κ1) is 14.8. The lowest BCUT2D eigenvalue weighted by Gasteiger charge is -2.12. The smallest absolute Gasteiger partial charge is 0.276 e. The standard InChI is InChI=1S/C14H18N6O/c1-4-17-11-7-18-13(9(2)3)20-12(11)14(21)19-10-5-15-8-16-6-10/h5-9,17H,4H2,1-3H3,(H,19,21). The van der Waals surface area contributed by atoms with Crippen LogP contribution < -0.4 is 10.6 Å². The fourth-order valence-electron chi connectivity index (χ4n) is 1.72. The van der Waals surface area contributed by atoms with E-state index in [1.54, 1.807) is 6.20 Å². The number of carbonyl (C=O) groups excluding carboxylic acids is 1. The predicted octanol–water partition coefficient (Wildman–Crippen LogP) is 2.07. The third kappa shape index (κ3) is 3.71. The minimum Gasteiger partial charge on any atom is -0.382 e. The third-order valence-electron chi connectivity index (χ3n) is 2.72. The summed E-state index contributed by atoms with van der Waals surface area (Å²) in [6.07, 6.45) is 6.11. The van der Waals surface area contributed by atoms with E-state index in [1.807, 2.05) is 20.8 Å². The molecule has 0 unspecified atom stereocenters. The van der Waals surface area contributed by atoms with Crippen molar-refractivity contribution in [3.8, 4) is 0 Å². The Kier molecular flexibility index (Phi) is 4.76. The zero-order valence-electron chi connectivity index (χ0n) is 12.3. The first-order valence-corrected chi connectivity index (χ1v) is 6.79. The highest BCUT2D eigenvalue weighted by Crippen LogP contribution is 2.17. The second-order valence-corrected chi connectivity index (χ2v) is 4.76. The fraction of sp³-hybridized carbons (Fsp3) is 0.357. The number of nitrogens with zero attached hydrogens (tertiary/aromatic N) is 4. The van der Waals surface area contributed by atoms with Crippen LogP contribution in [0.15, 0.2) is 24.9 Å². The van der Waals surface area contributed by atoms with Crippen LogP contribution in [0.25, 0.3) is 0 Å². The lowest BCUT2D eigenvalue weighted by molar-refractivity contribution is 0.102. The molecule has 2 aromatic heterocycles. The number of nitrogens with one attached hydrogen (secondary N) is 2. The largest absolute Gasteiger partial charge is 0.382 e. The van der Waals surface area contributed by atoms with Crippen molar-refractivity contribution in [3.05, 3.63) is 36.4 Å². The number of hydrogen-bond acceptors (Lipinski definition) is 6. The quantitative estimate of drug-likeness (QED) is 0.874. The van der Waals surface area contributed by atoms with Crippen LogP contribution >= 0.6 is 0 Å². The molecule has 0 bridgehead atoms. The van der Waals surface area contributed by atoms with Crippen molar-refractivity contribution in [2.24, 2.45) is 0 Å². The van der Waals surface area contributed by atoms with Crippen LogP contribution in [0.3, 0.4) is 0 Å². The maximum atomic E-state index is 12.4. The topological polar surface area (TPSA) is 92.7 Å². The van der Waals surface area contributed by atoms with Gasteiger partial charge >= 0.3 is 0 Å². The molecular weight excluding hydrogens is 268 g/mol. The molecule has 0 radical (unpaired) electrons. The Morgan fingerprint density at radius 1 is 1.24 bits per heavy atom. The molecule has 0 aliphatic carbocycles. The summed E-state index contributed by atoms with van der Waals surface area (Å²) in [5.74, 6) is 0.462. The molecule has 1 amide bonds. The van der Waals surface area contributed by atoms with E-state index in [-0.39, 0.29) is 11.8 Å². The SMILES string of the molecule is CCNc1cnc(C(C)C)nc1C(=O)Nc1cncnc1. The molecule has 21 heavy (non-hydrogen) atoms. The van der Waals surface area contributed by atoms with E-state index in [0.717, 1.165) is 0 Å². The van der Waals surface area contributed by atoms with E-state index >= 15 is 0 Å². The van der Waals surface area contributed by atoms with Crippen LogP contribution in [-0.2, 0) is 0 Å². The summed E-state index contributed by atoms with van der Waals surface area (Å²) in [5, 5.41) is 5.82. The molecular formula is C14H18N6O. The van der Waals surface area contributed by atoms with Crippen molar-refractivity contribution >= 4 is 17.3 Å². The summed E-state index contributed by atoms with van der Waals surface area (Å²) in [7, 11) is 0. The Labute approximate surface area is 123 Å². The molecule has 0 saturated heterocycles. The molecule has 2 N–H and O–H groups in total. The van der Waals surface area contributed by atoms with E-state index in [1.165, 1.54) is 18.7 Å². The molecule has 0 saturated carbocycles. The average molecular weight is 286 g/mol. The monoisotopic (exact) mass is 286 g/mol. The number of carbonyl (C=O) groups is 1. The lowest BCUT2D eigenvalue weighted by atomic mass is 10.2. The zero-order valence-corrected chi connectivity index (χ0v) is 12.3. The van der Waals surface area contributed by atoms with Crippen molar-refractivity contribution in [2.45, 2.75) is 26.7 Å². The molecule has 2 rings (SSSR count). The zero-order chi connectivity index (χ0) is 15.2. The van der Waals surface area contributed by atoms with Crippen molar-refractivity contribution < 1.29 is 4.79 Å². The second-order valence-electron chi connectivity index (χ2n) is 4.76.